The highest BCUT2D eigenvalue weighted by Gasteiger charge is 2.24. The van der Waals surface area contributed by atoms with Crippen molar-refractivity contribution >= 4 is 17.2 Å². The second-order valence-corrected chi connectivity index (χ2v) is 7.76. The first-order valence-corrected chi connectivity index (χ1v) is 9.17. The Morgan fingerprint density at radius 3 is 2.48 bits per heavy atom. The second kappa shape index (κ2) is 7.75. The summed E-state index contributed by atoms with van der Waals surface area (Å²) in [6.45, 7) is 17.1. The molecule has 3 aromatic rings. The van der Waals surface area contributed by atoms with Crippen LogP contribution in [-0.4, -0.2) is 26.1 Å². The molecule has 2 heterocycles. The molecule has 0 saturated carbocycles. The molecule has 29 heavy (non-hydrogen) atoms. The van der Waals surface area contributed by atoms with E-state index in [1.165, 1.54) is 4.68 Å². The number of ether oxygens (including phenoxy) is 1. The molecule has 150 valence electrons. The molecule has 2 aromatic heterocycles. The largest absolute Gasteiger partial charge is 0.474 e. The summed E-state index contributed by atoms with van der Waals surface area (Å²) in [6.07, 6.45) is -0.178. The van der Waals surface area contributed by atoms with Crippen LogP contribution < -0.4 is 10.3 Å². The van der Waals surface area contributed by atoms with Gasteiger partial charge < -0.3 is 4.74 Å². The Balaban J connectivity index is 2.07. The maximum absolute atomic E-state index is 12.9. The Kier molecular flexibility index (Phi) is 5.37. The molecule has 0 saturated heterocycles. The zero-order valence-electron chi connectivity index (χ0n) is 17.0. The molecule has 0 aliphatic rings. The highest BCUT2D eigenvalue weighted by molar-refractivity contribution is 5.67. The lowest BCUT2D eigenvalue weighted by molar-refractivity contribution is 0.232. The molecule has 0 unspecified atom stereocenters. The third kappa shape index (κ3) is 4.11. The first-order valence-electron chi connectivity index (χ1n) is 9.17. The maximum Gasteiger partial charge on any atom is 0.303 e. The van der Waals surface area contributed by atoms with Crippen LogP contribution in [0.1, 0.15) is 40.3 Å². The molecule has 2 N–H and O–H groups in total. The van der Waals surface area contributed by atoms with Crippen LogP contribution in [0.15, 0.2) is 45.4 Å². The second-order valence-electron chi connectivity index (χ2n) is 7.76. The van der Waals surface area contributed by atoms with E-state index in [9.17, 15) is 4.79 Å². The van der Waals surface area contributed by atoms with E-state index in [2.05, 4.69) is 30.4 Å². The van der Waals surface area contributed by atoms with Gasteiger partial charge in [-0.3, -0.25) is 15.0 Å². The fourth-order valence-corrected chi connectivity index (χ4v) is 2.70. The predicted molar refractivity (Wildman–Crippen MR) is 110 cm³/mol. The minimum absolute atomic E-state index is 0.0128. The minimum Gasteiger partial charge on any atom is -0.474 e. The van der Waals surface area contributed by atoms with E-state index in [4.69, 9.17) is 11.3 Å². The molecule has 0 atom stereocenters. The van der Waals surface area contributed by atoms with E-state index in [1.54, 1.807) is 12.1 Å². The van der Waals surface area contributed by atoms with E-state index in [0.717, 1.165) is 0 Å². The fourth-order valence-electron chi connectivity index (χ4n) is 2.70. The number of para-hydroxylation sites is 1. The van der Waals surface area contributed by atoms with Gasteiger partial charge in [-0.25, -0.2) is 9.53 Å². The number of nitrogens with one attached hydrogen (secondary N) is 2. The minimum atomic E-state index is -0.411. The number of benzene rings is 1. The number of aromatic nitrogens is 4. The van der Waals surface area contributed by atoms with Gasteiger partial charge in [0.25, 0.3) is 5.69 Å². The summed E-state index contributed by atoms with van der Waals surface area (Å²) in [4.78, 5) is 16.5. The van der Waals surface area contributed by atoms with Crippen LogP contribution in [0.5, 0.6) is 5.88 Å². The molecular weight excluding hydrogens is 370 g/mol. The molecule has 9 heteroatoms. The van der Waals surface area contributed by atoms with E-state index in [1.807, 2.05) is 52.8 Å². The summed E-state index contributed by atoms with van der Waals surface area (Å²) in [6, 6.07) is 9.09. The fraction of sp³-hybridized carbons (Fsp3) is 0.350. The summed E-state index contributed by atoms with van der Waals surface area (Å²) in [5.41, 5.74) is 0.887. The predicted octanol–water partition coefficient (Wildman–Crippen LogP) is 4.94. The SMILES string of the molecule is [C-]#[N+]c1c(N=Nc2c(OC(C)C)[nH]n(-c3ccccc3)c2=O)n[nH]c1C(C)(C)C. The number of rotatable bonds is 5. The number of aromatic amines is 2. The van der Waals surface area contributed by atoms with Gasteiger partial charge in [-0.2, -0.15) is 5.10 Å². The number of hydrogen-bond donors (Lipinski definition) is 2. The van der Waals surface area contributed by atoms with Gasteiger partial charge in [0, 0.05) is 5.69 Å². The zero-order valence-corrected chi connectivity index (χ0v) is 17.0. The van der Waals surface area contributed by atoms with Crippen LogP contribution in [0, 0.1) is 6.57 Å². The normalized spacial score (nSPS) is 11.9. The molecular formula is C20H23N7O2. The van der Waals surface area contributed by atoms with Crippen LogP contribution in [-0.2, 0) is 5.41 Å². The highest BCUT2D eigenvalue weighted by atomic mass is 16.5. The quantitative estimate of drug-likeness (QED) is 0.474. The molecule has 3 rings (SSSR count). The highest BCUT2D eigenvalue weighted by Crippen LogP contribution is 2.37. The Labute approximate surface area is 168 Å². The summed E-state index contributed by atoms with van der Waals surface area (Å²) < 4.78 is 7.05. The van der Waals surface area contributed by atoms with Crippen LogP contribution in [0.4, 0.5) is 17.2 Å². The summed E-state index contributed by atoms with van der Waals surface area (Å²) >= 11 is 0. The van der Waals surface area contributed by atoms with E-state index < -0.39 is 5.56 Å². The Hall–Kier alpha value is -3.67. The lowest BCUT2D eigenvalue weighted by Crippen LogP contribution is -2.13. The molecule has 0 radical (unpaired) electrons. The topological polar surface area (TPSA) is 105 Å². The van der Waals surface area contributed by atoms with Gasteiger partial charge in [0.2, 0.25) is 17.4 Å². The van der Waals surface area contributed by atoms with Gasteiger partial charge in [-0.05, 0) is 31.4 Å². The first kappa shape index (κ1) is 20.1. The summed E-state index contributed by atoms with van der Waals surface area (Å²) in [5.74, 6) is 0.334. The number of azo groups is 1. The van der Waals surface area contributed by atoms with Crippen molar-refractivity contribution in [2.45, 2.75) is 46.1 Å². The smallest absolute Gasteiger partial charge is 0.303 e. The van der Waals surface area contributed by atoms with Gasteiger partial charge in [-0.15, -0.1) is 10.2 Å². The maximum atomic E-state index is 12.9. The first-order chi connectivity index (χ1) is 13.7. The number of H-pyrrole nitrogens is 2. The van der Waals surface area contributed by atoms with E-state index in [0.29, 0.717) is 11.4 Å². The number of nitrogens with zero attached hydrogens (tertiary/aromatic N) is 5. The number of hydrogen-bond acceptors (Lipinski definition) is 5. The Morgan fingerprint density at radius 1 is 1.21 bits per heavy atom. The Bertz CT molecular complexity index is 1120. The van der Waals surface area contributed by atoms with Crippen LogP contribution in [0.2, 0.25) is 0 Å². The van der Waals surface area contributed by atoms with Gasteiger partial charge in [0.1, 0.15) is 0 Å². The van der Waals surface area contributed by atoms with Crippen molar-refractivity contribution in [3.63, 3.8) is 0 Å². The molecule has 1 aromatic carbocycles. The van der Waals surface area contributed by atoms with E-state index >= 15 is 0 Å². The molecule has 9 nitrogen and oxygen atoms in total. The monoisotopic (exact) mass is 393 g/mol. The van der Waals surface area contributed by atoms with E-state index in [-0.39, 0.29) is 34.6 Å². The zero-order chi connectivity index (χ0) is 21.2. The standard InChI is InChI=1S/C20H23N7O2/c1-12(2)29-18-15(19(28)27(26-18)13-10-8-7-9-11-13)22-24-17-14(21-6)16(23-25-17)20(3,4)5/h7-12,26H,1-5H3,(H,23,25). The molecule has 0 aliphatic heterocycles. The summed E-state index contributed by atoms with van der Waals surface area (Å²) in [5, 5.41) is 18.0. The lowest BCUT2D eigenvalue weighted by Gasteiger charge is -2.16. The van der Waals surface area contributed by atoms with Crippen molar-refractivity contribution in [2.24, 2.45) is 10.2 Å². The van der Waals surface area contributed by atoms with Crippen LogP contribution >= 0.6 is 0 Å². The van der Waals surface area contributed by atoms with Crippen molar-refractivity contribution in [3.05, 3.63) is 57.8 Å². The van der Waals surface area contributed by atoms with Crippen molar-refractivity contribution in [1.29, 1.82) is 0 Å². The third-order valence-electron chi connectivity index (χ3n) is 4.03. The van der Waals surface area contributed by atoms with Crippen molar-refractivity contribution in [3.8, 4) is 11.6 Å². The van der Waals surface area contributed by atoms with Crippen LogP contribution in [0.25, 0.3) is 10.5 Å². The molecule has 0 fully saturated rings. The van der Waals surface area contributed by atoms with Crippen molar-refractivity contribution in [1.82, 2.24) is 20.0 Å². The van der Waals surface area contributed by atoms with Crippen molar-refractivity contribution in [2.75, 3.05) is 0 Å². The third-order valence-corrected chi connectivity index (χ3v) is 4.03. The summed E-state index contributed by atoms with van der Waals surface area (Å²) in [7, 11) is 0. The molecule has 0 bridgehead atoms. The molecule has 0 spiro atoms. The average molecular weight is 393 g/mol. The van der Waals surface area contributed by atoms with Gasteiger partial charge >= 0.3 is 5.56 Å². The van der Waals surface area contributed by atoms with Gasteiger partial charge in [0.15, 0.2) is 0 Å². The lowest BCUT2D eigenvalue weighted by atomic mass is 9.91. The molecule has 0 aliphatic carbocycles. The van der Waals surface area contributed by atoms with Gasteiger partial charge in [-0.1, -0.05) is 39.0 Å². The molecule has 0 amide bonds. The van der Waals surface area contributed by atoms with Gasteiger partial charge in [0.05, 0.1) is 18.4 Å². The van der Waals surface area contributed by atoms with Crippen molar-refractivity contribution < 1.29 is 4.74 Å². The Morgan fingerprint density at radius 2 is 1.90 bits per heavy atom. The van der Waals surface area contributed by atoms with Crippen LogP contribution in [0.3, 0.4) is 0 Å². The average Bonchev–Trinajstić information content (AvgIpc) is 3.21.